The summed E-state index contributed by atoms with van der Waals surface area (Å²) in [4.78, 5) is 7.32. The van der Waals surface area contributed by atoms with Crippen LogP contribution in [0.25, 0.3) is 0 Å². The molecule has 94 valence electrons. The molecule has 1 heterocycles. The van der Waals surface area contributed by atoms with E-state index < -0.39 is 11.9 Å². The molecular weight excluding hydrogens is 231 g/mol. The van der Waals surface area contributed by atoms with Crippen molar-refractivity contribution in [2.75, 3.05) is 5.32 Å². The van der Waals surface area contributed by atoms with Crippen molar-refractivity contribution in [2.45, 2.75) is 38.4 Å². The number of nitrogens with zero attached hydrogens (tertiary/aromatic N) is 2. The molecule has 6 heteroatoms. The molecule has 1 fully saturated rings. The lowest BCUT2D eigenvalue weighted by atomic mass is 10.1. The van der Waals surface area contributed by atoms with E-state index in [9.17, 15) is 13.2 Å². The molecule has 2 rings (SSSR count). The number of hydrogen-bond donors (Lipinski definition) is 1. The van der Waals surface area contributed by atoms with Crippen molar-refractivity contribution >= 4 is 5.95 Å². The van der Waals surface area contributed by atoms with Crippen molar-refractivity contribution in [1.29, 1.82) is 0 Å². The SMILES string of the molecule is CC1CCCC1Nc1nccc(C(F)(F)F)n1. The van der Waals surface area contributed by atoms with Crippen LogP contribution in [-0.2, 0) is 6.18 Å². The molecule has 2 atom stereocenters. The molecule has 0 radical (unpaired) electrons. The largest absolute Gasteiger partial charge is 0.433 e. The van der Waals surface area contributed by atoms with E-state index in [1.165, 1.54) is 0 Å². The molecule has 1 N–H and O–H groups in total. The average Bonchev–Trinajstić information content (AvgIpc) is 2.64. The van der Waals surface area contributed by atoms with E-state index in [1.54, 1.807) is 0 Å². The number of alkyl halides is 3. The van der Waals surface area contributed by atoms with Crippen LogP contribution >= 0.6 is 0 Å². The van der Waals surface area contributed by atoms with Gasteiger partial charge in [-0.05, 0) is 24.8 Å². The van der Waals surface area contributed by atoms with Gasteiger partial charge in [-0.3, -0.25) is 0 Å². The first-order chi connectivity index (χ1) is 7.97. The summed E-state index contributed by atoms with van der Waals surface area (Å²) >= 11 is 0. The van der Waals surface area contributed by atoms with E-state index in [2.05, 4.69) is 22.2 Å². The standard InChI is InChI=1S/C11H14F3N3/c1-7-3-2-4-8(7)16-10-15-6-5-9(17-10)11(12,13)14/h5-8H,2-4H2,1H3,(H,15,16,17). The monoisotopic (exact) mass is 245 g/mol. The predicted molar refractivity (Wildman–Crippen MR) is 57.5 cm³/mol. The van der Waals surface area contributed by atoms with Crippen LogP contribution in [0.3, 0.4) is 0 Å². The third-order valence-electron chi connectivity index (χ3n) is 3.12. The Morgan fingerprint density at radius 3 is 2.71 bits per heavy atom. The minimum Gasteiger partial charge on any atom is -0.351 e. The molecule has 0 bridgehead atoms. The second kappa shape index (κ2) is 4.50. The third kappa shape index (κ3) is 2.87. The molecular formula is C11H14F3N3. The van der Waals surface area contributed by atoms with E-state index in [1.807, 2.05) is 0 Å². The molecule has 0 aliphatic heterocycles. The van der Waals surface area contributed by atoms with Crippen LogP contribution in [0, 0.1) is 5.92 Å². The molecule has 1 aliphatic rings. The maximum Gasteiger partial charge on any atom is 0.433 e. The van der Waals surface area contributed by atoms with Gasteiger partial charge in [-0.1, -0.05) is 13.3 Å². The van der Waals surface area contributed by atoms with Gasteiger partial charge in [0.1, 0.15) is 5.69 Å². The second-order valence-corrected chi connectivity index (χ2v) is 4.42. The van der Waals surface area contributed by atoms with Gasteiger partial charge in [0.15, 0.2) is 0 Å². The van der Waals surface area contributed by atoms with E-state index in [-0.39, 0.29) is 12.0 Å². The van der Waals surface area contributed by atoms with E-state index >= 15 is 0 Å². The minimum atomic E-state index is -4.42. The molecule has 2 unspecified atom stereocenters. The fourth-order valence-corrected chi connectivity index (χ4v) is 2.11. The van der Waals surface area contributed by atoms with Gasteiger partial charge < -0.3 is 5.32 Å². The highest BCUT2D eigenvalue weighted by atomic mass is 19.4. The van der Waals surface area contributed by atoms with Crippen molar-refractivity contribution in [3.63, 3.8) is 0 Å². The molecule has 17 heavy (non-hydrogen) atoms. The van der Waals surface area contributed by atoms with Gasteiger partial charge in [-0.15, -0.1) is 0 Å². The van der Waals surface area contributed by atoms with Crippen molar-refractivity contribution in [3.8, 4) is 0 Å². The summed E-state index contributed by atoms with van der Waals surface area (Å²) in [6.45, 7) is 2.08. The van der Waals surface area contributed by atoms with E-state index in [0.29, 0.717) is 5.92 Å². The summed E-state index contributed by atoms with van der Waals surface area (Å²) in [7, 11) is 0. The highest BCUT2D eigenvalue weighted by molar-refractivity contribution is 5.28. The van der Waals surface area contributed by atoms with Gasteiger partial charge >= 0.3 is 6.18 Å². The van der Waals surface area contributed by atoms with Gasteiger partial charge in [-0.25, -0.2) is 9.97 Å². The van der Waals surface area contributed by atoms with Gasteiger partial charge in [0.05, 0.1) is 0 Å². The average molecular weight is 245 g/mol. The third-order valence-corrected chi connectivity index (χ3v) is 3.12. The van der Waals surface area contributed by atoms with Crippen LogP contribution in [0.5, 0.6) is 0 Å². The number of nitrogens with one attached hydrogen (secondary N) is 1. The molecule has 0 spiro atoms. The van der Waals surface area contributed by atoms with Crippen LogP contribution in [0.1, 0.15) is 31.9 Å². The fraction of sp³-hybridized carbons (Fsp3) is 0.636. The molecule has 0 saturated heterocycles. The Balaban J connectivity index is 2.11. The van der Waals surface area contributed by atoms with Crippen LogP contribution in [0.2, 0.25) is 0 Å². The molecule has 1 aromatic heterocycles. The Morgan fingerprint density at radius 1 is 1.35 bits per heavy atom. The van der Waals surface area contributed by atoms with Crippen molar-refractivity contribution in [2.24, 2.45) is 5.92 Å². The van der Waals surface area contributed by atoms with Gasteiger partial charge in [0.2, 0.25) is 5.95 Å². The zero-order chi connectivity index (χ0) is 12.5. The lowest BCUT2D eigenvalue weighted by molar-refractivity contribution is -0.141. The first-order valence-electron chi connectivity index (χ1n) is 5.63. The van der Waals surface area contributed by atoms with Gasteiger partial charge in [0, 0.05) is 12.2 Å². The normalized spacial score (nSPS) is 24.9. The number of halogens is 3. The zero-order valence-electron chi connectivity index (χ0n) is 9.46. The highest BCUT2D eigenvalue weighted by Gasteiger charge is 2.33. The molecule has 1 aromatic rings. The Hall–Kier alpha value is -1.33. The number of hydrogen-bond acceptors (Lipinski definition) is 3. The van der Waals surface area contributed by atoms with Crippen LogP contribution in [-0.4, -0.2) is 16.0 Å². The predicted octanol–water partition coefficient (Wildman–Crippen LogP) is 3.10. The maximum atomic E-state index is 12.4. The summed E-state index contributed by atoms with van der Waals surface area (Å²) in [5.41, 5.74) is -0.902. The van der Waals surface area contributed by atoms with Crippen molar-refractivity contribution < 1.29 is 13.2 Å². The quantitative estimate of drug-likeness (QED) is 0.870. The Kier molecular flexibility index (Phi) is 3.22. The summed E-state index contributed by atoms with van der Waals surface area (Å²) in [5.74, 6) is 0.520. The first-order valence-corrected chi connectivity index (χ1v) is 5.63. The summed E-state index contributed by atoms with van der Waals surface area (Å²) in [6, 6.07) is 1.06. The molecule has 3 nitrogen and oxygen atoms in total. The van der Waals surface area contributed by atoms with Crippen molar-refractivity contribution in [3.05, 3.63) is 18.0 Å². The Morgan fingerprint density at radius 2 is 2.12 bits per heavy atom. The van der Waals surface area contributed by atoms with Crippen LogP contribution in [0.4, 0.5) is 19.1 Å². The summed E-state index contributed by atoms with van der Waals surface area (Å²) in [5, 5.41) is 2.98. The van der Waals surface area contributed by atoms with Gasteiger partial charge in [0.25, 0.3) is 0 Å². The number of aromatic nitrogens is 2. The first kappa shape index (κ1) is 12.1. The highest BCUT2D eigenvalue weighted by Crippen LogP contribution is 2.29. The number of anilines is 1. The number of rotatable bonds is 2. The topological polar surface area (TPSA) is 37.8 Å². The lowest BCUT2D eigenvalue weighted by Crippen LogP contribution is -2.24. The summed E-state index contributed by atoms with van der Waals surface area (Å²) in [6.07, 6.45) is -0.131. The van der Waals surface area contributed by atoms with Gasteiger partial charge in [-0.2, -0.15) is 13.2 Å². The molecule has 1 aliphatic carbocycles. The lowest BCUT2D eigenvalue weighted by Gasteiger charge is -2.17. The minimum absolute atomic E-state index is 0.0681. The molecule has 0 amide bonds. The Bertz CT molecular complexity index is 392. The molecule has 1 saturated carbocycles. The van der Waals surface area contributed by atoms with Crippen molar-refractivity contribution in [1.82, 2.24) is 9.97 Å². The Labute approximate surface area is 97.5 Å². The van der Waals surface area contributed by atoms with E-state index in [4.69, 9.17) is 0 Å². The van der Waals surface area contributed by atoms with Crippen LogP contribution in [0.15, 0.2) is 12.3 Å². The van der Waals surface area contributed by atoms with Crippen LogP contribution < -0.4 is 5.32 Å². The fourth-order valence-electron chi connectivity index (χ4n) is 2.11. The second-order valence-electron chi connectivity index (χ2n) is 4.42. The smallest absolute Gasteiger partial charge is 0.351 e. The van der Waals surface area contributed by atoms with E-state index in [0.717, 1.165) is 31.5 Å². The zero-order valence-corrected chi connectivity index (χ0v) is 9.46. The molecule has 0 aromatic carbocycles. The maximum absolute atomic E-state index is 12.4. The summed E-state index contributed by atoms with van der Waals surface area (Å²) < 4.78 is 37.3.